The van der Waals surface area contributed by atoms with Crippen LogP contribution in [0.25, 0.3) is 0 Å². The van der Waals surface area contributed by atoms with Gasteiger partial charge in [-0.2, -0.15) is 0 Å². The maximum atomic E-state index is 12.0. The highest BCUT2D eigenvalue weighted by Gasteiger charge is 2.39. The lowest BCUT2D eigenvalue weighted by Crippen LogP contribution is -2.46. The Bertz CT molecular complexity index is 601. The van der Waals surface area contributed by atoms with Gasteiger partial charge >= 0.3 is 8.80 Å². The molecule has 0 aromatic heterocycles. The second-order valence-corrected chi connectivity index (χ2v) is 11.6. The summed E-state index contributed by atoms with van der Waals surface area (Å²) in [4.78, 5) is 12.0. The van der Waals surface area contributed by atoms with Crippen LogP contribution in [0.15, 0.2) is 0 Å². The van der Waals surface area contributed by atoms with Crippen molar-refractivity contribution in [2.45, 2.75) is 130 Å². The van der Waals surface area contributed by atoms with Gasteiger partial charge in [-0.05, 0) is 51.9 Å². The molecule has 0 spiro atoms. The van der Waals surface area contributed by atoms with E-state index in [-0.39, 0.29) is 5.91 Å². The van der Waals surface area contributed by atoms with E-state index < -0.39 is 8.80 Å². The summed E-state index contributed by atoms with van der Waals surface area (Å²) in [6.45, 7) is 10.5. The number of amides is 1. The molecule has 0 aliphatic carbocycles. The Morgan fingerprint density at radius 1 is 0.657 bits per heavy atom. The van der Waals surface area contributed by atoms with E-state index in [1.54, 1.807) is 0 Å². The SMILES string of the molecule is CCCCCCCCCCCCC#CC#CCCCC(=O)NCCC[Si](OCC)(OCC)OCC. The molecule has 0 aromatic carbocycles. The molecule has 0 atom stereocenters. The maximum absolute atomic E-state index is 12.0. The molecule has 0 heterocycles. The fraction of sp³-hybridized carbons (Fsp3) is 0.828. The Balaban J connectivity index is 3.74. The molecule has 0 fully saturated rings. The summed E-state index contributed by atoms with van der Waals surface area (Å²) in [5.74, 6) is 12.1. The normalized spacial score (nSPS) is 10.9. The van der Waals surface area contributed by atoms with Crippen LogP contribution in [-0.2, 0) is 18.1 Å². The van der Waals surface area contributed by atoms with Crippen molar-refractivity contribution in [2.75, 3.05) is 26.4 Å². The second-order valence-electron chi connectivity index (χ2n) is 8.82. The third-order valence-electron chi connectivity index (χ3n) is 5.67. The molecule has 1 N–H and O–H groups in total. The van der Waals surface area contributed by atoms with Crippen LogP contribution in [0.4, 0.5) is 0 Å². The Hall–Kier alpha value is -1.31. The van der Waals surface area contributed by atoms with E-state index in [0.29, 0.717) is 45.3 Å². The molecule has 0 bridgehead atoms. The van der Waals surface area contributed by atoms with Crippen molar-refractivity contribution in [1.29, 1.82) is 0 Å². The zero-order chi connectivity index (χ0) is 25.9. The number of hydrogen-bond acceptors (Lipinski definition) is 4. The fourth-order valence-electron chi connectivity index (χ4n) is 3.87. The molecule has 5 nitrogen and oxygen atoms in total. The molecule has 202 valence electrons. The molecule has 35 heavy (non-hydrogen) atoms. The van der Waals surface area contributed by atoms with Gasteiger partial charge in [0.05, 0.1) is 0 Å². The van der Waals surface area contributed by atoms with Crippen molar-refractivity contribution in [3.63, 3.8) is 0 Å². The number of carbonyl (C=O) groups is 1. The van der Waals surface area contributed by atoms with E-state index in [4.69, 9.17) is 13.3 Å². The van der Waals surface area contributed by atoms with Gasteiger partial charge in [0.25, 0.3) is 0 Å². The standard InChI is InChI=1S/C29H53NO4Si/c1-5-9-10-11-12-13-14-15-16-17-18-19-20-21-22-23-24-26-29(31)30-27-25-28-35(32-6-2,33-7-3)34-8-4/h5-18,23-28H2,1-4H3,(H,30,31). The van der Waals surface area contributed by atoms with Gasteiger partial charge in [-0.1, -0.05) is 76.6 Å². The summed E-state index contributed by atoms with van der Waals surface area (Å²) < 4.78 is 17.5. The third kappa shape index (κ3) is 21.7. The highest BCUT2D eigenvalue weighted by molar-refractivity contribution is 6.60. The molecule has 6 heteroatoms. The third-order valence-corrected chi connectivity index (χ3v) is 8.83. The van der Waals surface area contributed by atoms with Crippen LogP contribution < -0.4 is 5.32 Å². The second kappa shape index (κ2) is 25.8. The summed E-state index contributed by atoms with van der Waals surface area (Å²) >= 11 is 0. The quantitative estimate of drug-likeness (QED) is 0.0916. The van der Waals surface area contributed by atoms with Crippen LogP contribution in [0, 0.1) is 23.7 Å². The lowest BCUT2D eigenvalue weighted by atomic mass is 10.1. The average molecular weight is 508 g/mol. The first kappa shape index (κ1) is 33.7. The van der Waals surface area contributed by atoms with E-state index in [0.717, 1.165) is 19.3 Å². The number of carbonyl (C=O) groups excluding carboxylic acids is 1. The Morgan fingerprint density at radius 2 is 1.14 bits per heavy atom. The Morgan fingerprint density at radius 3 is 1.66 bits per heavy atom. The minimum atomic E-state index is -2.62. The first-order chi connectivity index (χ1) is 17.1. The first-order valence-electron chi connectivity index (χ1n) is 14.3. The van der Waals surface area contributed by atoms with Gasteiger partial charge in [-0.3, -0.25) is 4.79 Å². The number of unbranched alkanes of at least 4 members (excludes halogenated alkanes) is 11. The minimum absolute atomic E-state index is 0.0651. The van der Waals surface area contributed by atoms with Gasteiger partial charge in [0, 0.05) is 51.7 Å². The molecule has 0 aliphatic rings. The summed E-state index contributed by atoms with van der Waals surface area (Å²) in [7, 11) is -2.62. The maximum Gasteiger partial charge on any atom is 0.500 e. The van der Waals surface area contributed by atoms with Crippen LogP contribution >= 0.6 is 0 Å². The highest BCUT2D eigenvalue weighted by atomic mass is 28.4. The van der Waals surface area contributed by atoms with Crippen LogP contribution in [-0.4, -0.2) is 41.1 Å². The number of rotatable bonds is 23. The van der Waals surface area contributed by atoms with Crippen LogP contribution in [0.2, 0.25) is 6.04 Å². The predicted molar refractivity (Wildman–Crippen MR) is 149 cm³/mol. The smallest absolute Gasteiger partial charge is 0.374 e. The molecule has 1 amide bonds. The van der Waals surface area contributed by atoms with Crippen molar-refractivity contribution in [2.24, 2.45) is 0 Å². The van der Waals surface area contributed by atoms with E-state index in [1.165, 1.54) is 64.2 Å². The predicted octanol–water partition coefficient (Wildman–Crippen LogP) is 7.03. The average Bonchev–Trinajstić information content (AvgIpc) is 2.84. The van der Waals surface area contributed by atoms with Gasteiger partial charge in [-0.25, -0.2) is 0 Å². The molecular weight excluding hydrogens is 454 g/mol. The molecule has 0 unspecified atom stereocenters. The van der Waals surface area contributed by atoms with E-state index in [1.807, 2.05) is 20.8 Å². The fourth-order valence-corrected chi connectivity index (χ4v) is 6.49. The lowest BCUT2D eigenvalue weighted by Gasteiger charge is -2.28. The summed E-state index contributed by atoms with van der Waals surface area (Å²) in [5.41, 5.74) is 0. The molecule has 0 saturated carbocycles. The molecule has 0 aromatic rings. The summed E-state index contributed by atoms with van der Waals surface area (Å²) in [5, 5.41) is 2.98. The van der Waals surface area contributed by atoms with E-state index in [9.17, 15) is 4.79 Å². The molecule has 0 radical (unpaired) electrons. The van der Waals surface area contributed by atoms with Crippen LogP contribution in [0.5, 0.6) is 0 Å². The molecule has 0 aliphatic heterocycles. The number of nitrogens with one attached hydrogen (secondary N) is 1. The number of hydrogen-bond donors (Lipinski definition) is 1. The van der Waals surface area contributed by atoms with Crippen LogP contribution in [0.3, 0.4) is 0 Å². The van der Waals surface area contributed by atoms with Gasteiger partial charge in [0.15, 0.2) is 0 Å². The Labute approximate surface area is 218 Å². The van der Waals surface area contributed by atoms with Crippen molar-refractivity contribution in [3.8, 4) is 23.7 Å². The molecule has 0 rings (SSSR count). The van der Waals surface area contributed by atoms with Gasteiger partial charge < -0.3 is 18.6 Å². The van der Waals surface area contributed by atoms with Crippen molar-refractivity contribution in [3.05, 3.63) is 0 Å². The van der Waals surface area contributed by atoms with Gasteiger partial charge in [0.2, 0.25) is 5.91 Å². The largest absolute Gasteiger partial charge is 0.500 e. The first-order valence-corrected chi connectivity index (χ1v) is 16.2. The zero-order valence-electron chi connectivity index (χ0n) is 23.3. The zero-order valence-corrected chi connectivity index (χ0v) is 24.3. The Kier molecular flexibility index (Phi) is 24.8. The van der Waals surface area contributed by atoms with E-state index >= 15 is 0 Å². The van der Waals surface area contributed by atoms with Crippen molar-refractivity contribution < 1.29 is 18.1 Å². The van der Waals surface area contributed by atoms with Crippen molar-refractivity contribution in [1.82, 2.24) is 5.32 Å². The summed E-state index contributed by atoms with van der Waals surface area (Å²) in [6, 6.07) is 0.714. The summed E-state index contributed by atoms with van der Waals surface area (Å²) in [6.07, 6.45) is 17.1. The monoisotopic (exact) mass is 507 g/mol. The minimum Gasteiger partial charge on any atom is -0.374 e. The van der Waals surface area contributed by atoms with Gasteiger partial charge in [-0.15, -0.1) is 0 Å². The molecule has 0 saturated heterocycles. The topological polar surface area (TPSA) is 56.8 Å². The van der Waals surface area contributed by atoms with E-state index in [2.05, 4.69) is 35.9 Å². The van der Waals surface area contributed by atoms with Crippen LogP contribution in [0.1, 0.15) is 124 Å². The highest BCUT2D eigenvalue weighted by Crippen LogP contribution is 2.17. The lowest BCUT2D eigenvalue weighted by molar-refractivity contribution is -0.121. The van der Waals surface area contributed by atoms with Crippen molar-refractivity contribution >= 4 is 14.7 Å². The molecular formula is C29H53NO4Si. The van der Waals surface area contributed by atoms with Gasteiger partial charge in [0.1, 0.15) is 0 Å².